The molecule has 0 atom stereocenters. The maximum atomic E-state index is 13.4. The zero-order chi connectivity index (χ0) is 15.4. The minimum atomic E-state index is -0.461. The second-order valence-corrected chi connectivity index (χ2v) is 4.89. The highest BCUT2D eigenvalue weighted by Crippen LogP contribution is 2.25. The highest BCUT2D eigenvalue weighted by molar-refractivity contribution is 6.30. The van der Waals surface area contributed by atoms with Crippen molar-refractivity contribution in [2.75, 3.05) is 5.32 Å². The Morgan fingerprint density at radius 3 is 2.57 bits per heavy atom. The number of nitriles is 1. The summed E-state index contributed by atoms with van der Waals surface area (Å²) in [4.78, 5) is 0. The lowest BCUT2D eigenvalue weighted by Crippen LogP contribution is -2.07. The molecule has 0 saturated heterocycles. The van der Waals surface area contributed by atoms with Crippen LogP contribution < -0.4 is 5.32 Å². The molecule has 1 heterocycles. The quantitative estimate of drug-likeness (QED) is 0.927. The number of hydrogen-bond donors (Lipinski definition) is 1. The molecule has 0 spiro atoms. The molecule has 6 heteroatoms. The van der Waals surface area contributed by atoms with Crippen molar-refractivity contribution in [1.82, 2.24) is 10.2 Å². The standard InChI is InChI=1S/C15H14ClFN4/c1-3-12-13(8-18)15(21-20-14(12)4-2)19-11-6-9(16)5-10(17)7-11/h5-7H,3-4H2,1-2H3,(H,19,21). The third-order valence-corrected chi connectivity index (χ3v) is 3.30. The van der Waals surface area contributed by atoms with Crippen molar-refractivity contribution < 1.29 is 4.39 Å². The van der Waals surface area contributed by atoms with Gasteiger partial charge in [-0.2, -0.15) is 10.4 Å². The molecule has 0 bridgehead atoms. The van der Waals surface area contributed by atoms with E-state index in [9.17, 15) is 9.65 Å². The SMILES string of the molecule is CCc1nnc(Nc2cc(F)cc(Cl)c2)c(C#N)c1CC. The summed E-state index contributed by atoms with van der Waals surface area (Å²) in [5.74, 6) is -0.148. The van der Waals surface area contributed by atoms with E-state index in [0.717, 1.165) is 11.3 Å². The summed E-state index contributed by atoms with van der Waals surface area (Å²) in [5.41, 5.74) is 2.53. The van der Waals surface area contributed by atoms with E-state index in [-0.39, 0.29) is 5.02 Å². The molecule has 1 N–H and O–H groups in total. The number of aromatic nitrogens is 2. The van der Waals surface area contributed by atoms with Gasteiger partial charge in [-0.1, -0.05) is 25.4 Å². The Labute approximate surface area is 127 Å². The van der Waals surface area contributed by atoms with Gasteiger partial charge in [0.05, 0.1) is 5.69 Å². The van der Waals surface area contributed by atoms with E-state index >= 15 is 0 Å². The first-order valence-corrected chi connectivity index (χ1v) is 6.98. The van der Waals surface area contributed by atoms with Gasteiger partial charge in [0, 0.05) is 10.7 Å². The molecule has 1 aromatic carbocycles. The summed E-state index contributed by atoms with van der Waals surface area (Å²) in [7, 11) is 0. The van der Waals surface area contributed by atoms with Crippen LogP contribution >= 0.6 is 11.6 Å². The van der Waals surface area contributed by atoms with E-state index in [4.69, 9.17) is 11.6 Å². The average molecular weight is 305 g/mol. The Morgan fingerprint density at radius 1 is 1.24 bits per heavy atom. The van der Waals surface area contributed by atoms with Crippen LogP contribution in [0.1, 0.15) is 30.7 Å². The number of hydrogen-bond acceptors (Lipinski definition) is 4. The lowest BCUT2D eigenvalue weighted by molar-refractivity contribution is 0.628. The molecule has 21 heavy (non-hydrogen) atoms. The first-order valence-electron chi connectivity index (χ1n) is 6.60. The van der Waals surface area contributed by atoms with Crippen LogP contribution in [0.5, 0.6) is 0 Å². The molecule has 0 aliphatic heterocycles. The van der Waals surface area contributed by atoms with Gasteiger partial charge in [-0.25, -0.2) is 4.39 Å². The normalized spacial score (nSPS) is 10.2. The summed E-state index contributed by atoms with van der Waals surface area (Å²) >= 11 is 5.82. The highest BCUT2D eigenvalue weighted by Gasteiger charge is 2.14. The third-order valence-electron chi connectivity index (χ3n) is 3.08. The number of anilines is 2. The van der Waals surface area contributed by atoms with E-state index < -0.39 is 5.82 Å². The van der Waals surface area contributed by atoms with Crippen LogP contribution in [0, 0.1) is 17.1 Å². The van der Waals surface area contributed by atoms with E-state index in [1.807, 2.05) is 13.8 Å². The predicted molar refractivity (Wildman–Crippen MR) is 80.2 cm³/mol. The zero-order valence-corrected chi connectivity index (χ0v) is 12.5. The maximum absolute atomic E-state index is 13.4. The number of benzene rings is 1. The average Bonchev–Trinajstić information content (AvgIpc) is 2.45. The van der Waals surface area contributed by atoms with E-state index in [2.05, 4.69) is 21.6 Å². The van der Waals surface area contributed by atoms with Crippen molar-refractivity contribution in [3.63, 3.8) is 0 Å². The van der Waals surface area contributed by atoms with Gasteiger partial charge in [0.25, 0.3) is 0 Å². The van der Waals surface area contributed by atoms with Gasteiger partial charge in [-0.05, 0) is 36.6 Å². The van der Waals surface area contributed by atoms with Crippen molar-refractivity contribution in [3.8, 4) is 6.07 Å². The Kier molecular flexibility index (Phi) is 4.71. The fraction of sp³-hybridized carbons (Fsp3) is 0.267. The smallest absolute Gasteiger partial charge is 0.171 e. The molecule has 0 fully saturated rings. The van der Waals surface area contributed by atoms with Gasteiger partial charge in [0.2, 0.25) is 0 Å². The van der Waals surface area contributed by atoms with Crippen molar-refractivity contribution in [2.45, 2.75) is 26.7 Å². The van der Waals surface area contributed by atoms with Crippen molar-refractivity contribution in [3.05, 3.63) is 45.9 Å². The molecule has 0 amide bonds. The Morgan fingerprint density at radius 2 is 2.00 bits per heavy atom. The topological polar surface area (TPSA) is 61.6 Å². The van der Waals surface area contributed by atoms with Crippen molar-refractivity contribution >= 4 is 23.1 Å². The van der Waals surface area contributed by atoms with E-state index in [0.29, 0.717) is 29.9 Å². The Bertz CT molecular complexity index is 689. The van der Waals surface area contributed by atoms with Crippen molar-refractivity contribution in [1.29, 1.82) is 5.26 Å². The summed E-state index contributed by atoms with van der Waals surface area (Å²) in [6, 6.07) is 6.21. The van der Waals surface area contributed by atoms with E-state index in [1.165, 1.54) is 12.1 Å². The van der Waals surface area contributed by atoms with Crippen LogP contribution in [0.3, 0.4) is 0 Å². The van der Waals surface area contributed by atoms with Gasteiger partial charge >= 0.3 is 0 Å². The van der Waals surface area contributed by atoms with Crippen molar-refractivity contribution in [2.24, 2.45) is 0 Å². The molecule has 2 aromatic rings. The number of rotatable bonds is 4. The van der Waals surface area contributed by atoms with Crippen LogP contribution in [0.15, 0.2) is 18.2 Å². The molecule has 0 aliphatic rings. The van der Waals surface area contributed by atoms with E-state index in [1.54, 1.807) is 6.07 Å². The predicted octanol–water partition coefficient (Wildman–Crippen LogP) is 4.01. The number of nitrogens with zero attached hydrogens (tertiary/aromatic N) is 3. The second-order valence-electron chi connectivity index (χ2n) is 4.45. The molecule has 0 unspecified atom stereocenters. The molecular weight excluding hydrogens is 291 g/mol. The first-order chi connectivity index (χ1) is 10.1. The van der Waals surface area contributed by atoms with Gasteiger partial charge in [0.15, 0.2) is 5.82 Å². The zero-order valence-electron chi connectivity index (χ0n) is 11.7. The van der Waals surface area contributed by atoms with Crippen LogP contribution in [-0.2, 0) is 12.8 Å². The number of halogens is 2. The third kappa shape index (κ3) is 3.29. The van der Waals surface area contributed by atoms with Gasteiger partial charge in [0.1, 0.15) is 17.4 Å². The lowest BCUT2D eigenvalue weighted by atomic mass is 10.0. The summed E-state index contributed by atoms with van der Waals surface area (Å²) in [6.07, 6.45) is 1.39. The highest BCUT2D eigenvalue weighted by atomic mass is 35.5. The van der Waals surface area contributed by atoms with Crippen LogP contribution in [0.25, 0.3) is 0 Å². The minimum absolute atomic E-state index is 0.268. The first kappa shape index (κ1) is 15.2. The Balaban J connectivity index is 2.47. The molecule has 0 aliphatic carbocycles. The lowest BCUT2D eigenvalue weighted by Gasteiger charge is -2.12. The minimum Gasteiger partial charge on any atom is -0.337 e. The Hall–Kier alpha value is -2.19. The molecule has 4 nitrogen and oxygen atoms in total. The molecule has 1 aromatic heterocycles. The second kappa shape index (κ2) is 6.51. The van der Waals surface area contributed by atoms with Crippen LogP contribution in [-0.4, -0.2) is 10.2 Å². The summed E-state index contributed by atoms with van der Waals surface area (Å²) in [6.45, 7) is 3.92. The largest absolute Gasteiger partial charge is 0.337 e. The van der Waals surface area contributed by atoms with Gasteiger partial charge < -0.3 is 5.32 Å². The summed E-state index contributed by atoms with van der Waals surface area (Å²) < 4.78 is 13.4. The maximum Gasteiger partial charge on any atom is 0.171 e. The fourth-order valence-electron chi connectivity index (χ4n) is 2.14. The number of aryl methyl sites for hydroxylation is 1. The van der Waals surface area contributed by atoms with Crippen LogP contribution in [0.4, 0.5) is 15.9 Å². The molecule has 108 valence electrons. The molecule has 2 rings (SSSR count). The number of nitrogens with one attached hydrogen (secondary N) is 1. The fourth-order valence-corrected chi connectivity index (χ4v) is 2.37. The van der Waals surface area contributed by atoms with Gasteiger partial charge in [-0.15, -0.1) is 5.10 Å². The molecule has 0 saturated carbocycles. The van der Waals surface area contributed by atoms with Crippen LogP contribution in [0.2, 0.25) is 5.02 Å². The van der Waals surface area contributed by atoms with Gasteiger partial charge in [-0.3, -0.25) is 0 Å². The summed E-state index contributed by atoms with van der Waals surface area (Å²) in [5, 5.41) is 20.7. The monoisotopic (exact) mass is 304 g/mol. The molecular formula is C15H14ClFN4. The molecule has 0 radical (unpaired) electrons.